The van der Waals surface area contributed by atoms with Crippen molar-refractivity contribution in [3.05, 3.63) is 41.1 Å². The van der Waals surface area contributed by atoms with Crippen LogP contribution in [-0.2, 0) is 0 Å². The number of nitrogens with zero attached hydrogens (tertiary/aromatic N) is 1. The van der Waals surface area contributed by atoms with Crippen molar-refractivity contribution in [3.63, 3.8) is 0 Å². The van der Waals surface area contributed by atoms with Crippen LogP contribution >= 0.6 is 23.4 Å². The lowest BCUT2D eigenvalue weighted by Crippen LogP contribution is -2.17. The van der Waals surface area contributed by atoms with Crippen LogP contribution in [0.5, 0.6) is 0 Å². The minimum Gasteiger partial charge on any atom is -0.324 e. The van der Waals surface area contributed by atoms with Gasteiger partial charge in [0.25, 0.3) is 0 Å². The lowest BCUT2D eigenvalue weighted by atomic mass is 10.0. The molecule has 0 aliphatic rings. The Kier molecular flexibility index (Phi) is 5.75. The molecule has 1 heterocycles. The van der Waals surface area contributed by atoms with Crippen molar-refractivity contribution in [1.29, 1.82) is 0 Å². The molecular weight excluding hydrogens is 252 g/mol. The Labute approximate surface area is 112 Å². The zero-order chi connectivity index (χ0) is 12.8. The van der Waals surface area contributed by atoms with Crippen LogP contribution in [0.25, 0.3) is 5.57 Å². The predicted octanol–water partition coefficient (Wildman–Crippen LogP) is 3.68. The lowest BCUT2D eigenvalue weighted by Gasteiger charge is -2.11. The summed E-state index contributed by atoms with van der Waals surface area (Å²) in [5.74, 6) is 0. The Hall–Kier alpha value is -0.770. The minimum atomic E-state index is -0.0781. The molecular formula is C13H17ClN2S. The summed E-state index contributed by atoms with van der Waals surface area (Å²) in [6.45, 7) is 3.83. The minimum absolute atomic E-state index is 0.0781. The Bertz CT molecular complexity index is 422. The molecule has 1 aromatic heterocycles. The highest BCUT2D eigenvalue weighted by Gasteiger charge is 2.08. The van der Waals surface area contributed by atoms with Gasteiger partial charge in [-0.05, 0) is 43.4 Å². The van der Waals surface area contributed by atoms with Gasteiger partial charge in [-0.1, -0.05) is 23.7 Å². The van der Waals surface area contributed by atoms with Gasteiger partial charge in [0, 0.05) is 17.3 Å². The van der Waals surface area contributed by atoms with Crippen LogP contribution in [-0.4, -0.2) is 17.3 Å². The van der Waals surface area contributed by atoms with E-state index < -0.39 is 0 Å². The van der Waals surface area contributed by atoms with Gasteiger partial charge in [-0.25, -0.2) is 4.98 Å². The molecule has 1 aromatic rings. The van der Waals surface area contributed by atoms with Gasteiger partial charge in [0.05, 0.1) is 5.03 Å². The standard InChI is InChI=1S/C13H17ClN2S/c1-4-11(14)7-12(9(2)15)10-5-6-13(17-3)16-8-10/h4-9H,15H2,1-3H3/b11-4+,12-7+. The molecule has 2 nitrogen and oxygen atoms in total. The maximum atomic E-state index is 6.02. The van der Waals surface area contributed by atoms with Gasteiger partial charge in [-0.3, -0.25) is 0 Å². The molecule has 0 fully saturated rings. The van der Waals surface area contributed by atoms with Gasteiger partial charge < -0.3 is 5.73 Å². The fourth-order valence-corrected chi connectivity index (χ4v) is 1.86. The summed E-state index contributed by atoms with van der Waals surface area (Å²) in [6, 6.07) is 3.93. The first-order valence-corrected chi connectivity index (χ1v) is 6.98. The Morgan fingerprint density at radius 3 is 2.65 bits per heavy atom. The maximum Gasteiger partial charge on any atom is 0.0957 e. The van der Waals surface area contributed by atoms with Gasteiger partial charge >= 0.3 is 0 Å². The first-order chi connectivity index (χ1) is 8.08. The monoisotopic (exact) mass is 268 g/mol. The van der Waals surface area contributed by atoms with Crippen LogP contribution in [0.3, 0.4) is 0 Å². The summed E-state index contributed by atoms with van der Waals surface area (Å²) in [6.07, 6.45) is 7.57. The Morgan fingerprint density at radius 1 is 1.53 bits per heavy atom. The third-order valence-corrected chi connectivity index (χ3v) is 3.33. The van der Waals surface area contributed by atoms with Crippen molar-refractivity contribution in [2.75, 3.05) is 6.26 Å². The molecule has 1 unspecified atom stereocenters. The van der Waals surface area contributed by atoms with Crippen molar-refractivity contribution in [2.45, 2.75) is 24.9 Å². The molecule has 0 saturated carbocycles. The summed E-state index contributed by atoms with van der Waals surface area (Å²) >= 11 is 7.63. The van der Waals surface area contributed by atoms with Crippen LogP contribution in [0, 0.1) is 0 Å². The van der Waals surface area contributed by atoms with Crippen LogP contribution in [0.15, 0.2) is 40.5 Å². The third-order valence-electron chi connectivity index (χ3n) is 2.34. The molecule has 1 rings (SSSR count). The SMILES string of the molecule is C/C=C(Cl)\C=C(\c1ccc(SC)nc1)C(C)N. The largest absolute Gasteiger partial charge is 0.324 e. The average molecular weight is 269 g/mol. The van der Waals surface area contributed by atoms with Crippen molar-refractivity contribution < 1.29 is 0 Å². The average Bonchev–Trinajstić information content (AvgIpc) is 2.35. The highest BCUT2D eigenvalue weighted by Crippen LogP contribution is 2.22. The summed E-state index contributed by atoms with van der Waals surface area (Å²) in [7, 11) is 0. The molecule has 0 aliphatic carbocycles. The second-order valence-electron chi connectivity index (χ2n) is 3.65. The lowest BCUT2D eigenvalue weighted by molar-refractivity contribution is 0.942. The molecule has 4 heteroatoms. The van der Waals surface area contributed by atoms with E-state index in [1.165, 1.54) is 0 Å². The molecule has 0 bridgehead atoms. The number of nitrogens with two attached hydrogens (primary N) is 1. The second-order valence-corrected chi connectivity index (χ2v) is 4.91. The molecule has 0 amide bonds. The topological polar surface area (TPSA) is 38.9 Å². The van der Waals surface area contributed by atoms with E-state index in [1.807, 2.05) is 50.6 Å². The molecule has 0 aromatic carbocycles. The number of allylic oxidation sites excluding steroid dienone is 3. The number of aromatic nitrogens is 1. The normalized spacial score (nSPS) is 14.9. The maximum absolute atomic E-state index is 6.02. The number of hydrogen-bond acceptors (Lipinski definition) is 3. The zero-order valence-corrected chi connectivity index (χ0v) is 11.8. The fraction of sp³-hybridized carbons (Fsp3) is 0.308. The van der Waals surface area contributed by atoms with Gasteiger partial charge in [-0.2, -0.15) is 0 Å². The van der Waals surface area contributed by atoms with Crippen molar-refractivity contribution in [3.8, 4) is 0 Å². The summed E-state index contributed by atoms with van der Waals surface area (Å²) < 4.78 is 0. The van der Waals surface area contributed by atoms with Gasteiger partial charge in [0.15, 0.2) is 0 Å². The van der Waals surface area contributed by atoms with Crippen molar-refractivity contribution in [1.82, 2.24) is 4.98 Å². The third kappa shape index (κ3) is 4.19. The van der Waals surface area contributed by atoms with E-state index in [0.29, 0.717) is 5.03 Å². The van der Waals surface area contributed by atoms with E-state index >= 15 is 0 Å². The number of pyridine rings is 1. The Morgan fingerprint density at radius 2 is 2.24 bits per heavy atom. The zero-order valence-electron chi connectivity index (χ0n) is 10.3. The predicted molar refractivity (Wildman–Crippen MR) is 77.3 cm³/mol. The molecule has 0 aliphatic heterocycles. The molecule has 0 radical (unpaired) electrons. The molecule has 92 valence electrons. The van der Waals surface area contributed by atoms with Crippen LogP contribution in [0.4, 0.5) is 0 Å². The van der Waals surface area contributed by atoms with E-state index in [-0.39, 0.29) is 6.04 Å². The quantitative estimate of drug-likeness (QED) is 0.669. The molecule has 0 saturated heterocycles. The summed E-state index contributed by atoms with van der Waals surface area (Å²) in [5.41, 5.74) is 7.96. The fourth-order valence-electron chi connectivity index (χ4n) is 1.38. The van der Waals surface area contributed by atoms with Crippen molar-refractivity contribution >= 4 is 28.9 Å². The number of hydrogen-bond donors (Lipinski definition) is 1. The molecule has 0 spiro atoms. The Balaban J connectivity index is 3.10. The summed E-state index contributed by atoms with van der Waals surface area (Å²) in [5, 5.41) is 1.68. The summed E-state index contributed by atoms with van der Waals surface area (Å²) in [4.78, 5) is 4.34. The van der Waals surface area contributed by atoms with E-state index in [4.69, 9.17) is 17.3 Å². The number of rotatable bonds is 4. The molecule has 1 atom stereocenters. The van der Waals surface area contributed by atoms with E-state index in [1.54, 1.807) is 11.8 Å². The number of thioether (sulfide) groups is 1. The highest BCUT2D eigenvalue weighted by molar-refractivity contribution is 7.98. The van der Waals surface area contributed by atoms with E-state index in [9.17, 15) is 0 Å². The number of halogens is 1. The molecule has 17 heavy (non-hydrogen) atoms. The van der Waals surface area contributed by atoms with Crippen LogP contribution < -0.4 is 5.73 Å². The van der Waals surface area contributed by atoms with E-state index in [0.717, 1.165) is 16.2 Å². The first kappa shape index (κ1) is 14.3. The highest BCUT2D eigenvalue weighted by atomic mass is 35.5. The van der Waals surface area contributed by atoms with Gasteiger partial charge in [0.1, 0.15) is 0 Å². The van der Waals surface area contributed by atoms with Crippen LogP contribution in [0.2, 0.25) is 0 Å². The van der Waals surface area contributed by atoms with Crippen LogP contribution in [0.1, 0.15) is 19.4 Å². The second kappa shape index (κ2) is 6.84. The molecule has 2 N–H and O–H groups in total. The smallest absolute Gasteiger partial charge is 0.0957 e. The van der Waals surface area contributed by atoms with E-state index in [2.05, 4.69) is 4.98 Å². The van der Waals surface area contributed by atoms with Gasteiger partial charge in [-0.15, -0.1) is 11.8 Å². The van der Waals surface area contributed by atoms with Gasteiger partial charge in [0.2, 0.25) is 0 Å². The first-order valence-electron chi connectivity index (χ1n) is 5.38. The van der Waals surface area contributed by atoms with Crippen molar-refractivity contribution in [2.24, 2.45) is 5.73 Å².